The van der Waals surface area contributed by atoms with Gasteiger partial charge in [-0.3, -0.25) is 20.4 Å². The molecule has 5 nitrogen and oxygen atoms in total. The van der Waals surface area contributed by atoms with Crippen molar-refractivity contribution in [1.82, 2.24) is 10.9 Å². The second kappa shape index (κ2) is 8.10. The first kappa shape index (κ1) is 19.4. The molecule has 0 saturated carbocycles. The summed E-state index contributed by atoms with van der Waals surface area (Å²) in [5.74, 6) is -0.893. The van der Waals surface area contributed by atoms with Crippen LogP contribution in [0.25, 0.3) is 0 Å². The van der Waals surface area contributed by atoms with E-state index in [0.29, 0.717) is 10.4 Å². The number of nitrogens with one attached hydrogen (secondary N) is 2. The molecular formula is C18H17F3N2O3S. The highest BCUT2D eigenvalue weighted by Crippen LogP contribution is 2.30. The molecular weight excluding hydrogens is 381 g/mol. The third kappa shape index (κ3) is 5.30. The fraction of sp³-hybridized carbons (Fsp3) is 0.333. The van der Waals surface area contributed by atoms with Crippen LogP contribution in [-0.4, -0.2) is 24.6 Å². The number of thiophene rings is 1. The molecule has 144 valence electrons. The number of fused-ring (bicyclic) bond motifs is 1. The summed E-state index contributed by atoms with van der Waals surface area (Å²) in [6.45, 7) is -1.53. The number of hydrogen-bond acceptors (Lipinski definition) is 4. The molecule has 2 aromatic rings. The number of rotatable bonds is 5. The predicted molar refractivity (Wildman–Crippen MR) is 93.4 cm³/mol. The van der Waals surface area contributed by atoms with Crippen molar-refractivity contribution in [3.05, 3.63) is 56.8 Å². The second-order valence-electron chi connectivity index (χ2n) is 6.13. The average Bonchev–Trinajstić information content (AvgIpc) is 3.21. The van der Waals surface area contributed by atoms with Gasteiger partial charge in [-0.2, -0.15) is 13.2 Å². The standard InChI is InChI=1S/C18H17F3N2O3S/c19-18(20,21)10-26-9-11-4-6-12(7-5-11)16(24)22-23-17(25)15-8-13-2-1-3-14(13)27-15/h4-8H,1-3,9-10H2,(H,22,24)(H,23,25). The van der Waals surface area contributed by atoms with Crippen molar-refractivity contribution in [3.8, 4) is 0 Å². The summed E-state index contributed by atoms with van der Waals surface area (Å²) < 4.78 is 40.7. The summed E-state index contributed by atoms with van der Waals surface area (Å²) in [7, 11) is 0. The number of ether oxygens (including phenoxy) is 1. The van der Waals surface area contributed by atoms with E-state index in [2.05, 4.69) is 15.6 Å². The second-order valence-corrected chi connectivity index (χ2v) is 7.26. The minimum Gasteiger partial charge on any atom is -0.367 e. The number of carbonyl (C=O) groups excluding carboxylic acids is 2. The molecule has 1 aliphatic carbocycles. The van der Waals surface area contributed by atoms with Crippen molar-refractivity contribution in [2.75, 3.05) is 6.61 Å². The average molecular weight is 398 g/mol. The summed E-state index contributed by atoms with van der Waals surface area (Å²) in [5.41, 5.74) is 6.68. The molecule has 0 aliphatic heterocycles. The van der Waals surface area contributed by atoms with Crippen LogP contribution in [0.3, 0.4) is 0 Å². The molecule has 1 aliphatic rings. The molecule has 0 fully saturated rings. The first-order chi connectivity index (χ1) is 12.8. The molecule has 0 bridgehead atoms. The lowest BCUT2D eigenvalue weighted by molar-refractivity contribution is -0.176. The van der Waals surface area contributed by atoms with E-state index in [9.17, 15) is 22.8 Å². The first-order valence-corrected chi connectivity index (χ1v) is 9.09. The van der Waals surface area contributed by atoms with Crippen LogP contribution in [-0.2, 0) is 24.2 Å². The van der Waals surface area contributed by atoms with Gasteiger partial charge >= 0.3 is 6.18 Å². The Morgan fingerprint density at radius 2 is 1.78 bits per heavy atom. The van der Waals surface area contributed by atoms with E-state index < -0.39 is 18.7 Å². The number of carbonyl (C=O) groups is 2. The van der Waals surface area contributed by atoms with Gasteiger partial charge in [-0.15, -0.1) is 11.3 Å². The van der Waals surface area contributed by atoms with E-state index in [1.165, 1.54) is 46.0 Å². The summed E-state index contributed by atoms with van der Waals surface area (Å²) in [6, 6.07) is 7.75. The maximum Gasteiger partial charge on any atom is 0.411 e. The van der Waals surface area contributed by atoms with Crippen molar-refractivity contribution in [1.29, 1.82) is 0 Å². The van der Waals surface area contributed by atoms with Gasteiger partial charge in [-0.05, 0) is 48.6 Å². The predicted octanol–water partition coefficient (Wildman–Crippen LogP) is 3.39. The molecule has 0 spiro atoms. The van der Waals surface area contributed by atoms with E-state index in [1.54, 1.807) is 0 Å². The Labute approximate surface area is 157 Å². The first-order valence-electron chi connectivity index (χ1n) is 8.27. The van der Waals surface area contributed by atoms with Crippen molar-refractivity contribution in [2.45, 2.75) is 32.0 Å². The molecule has 0 radical (unpaired) electrons. The third-order valence-electron chi connectivity index (χ3n) is 4.01. The normalized spacial score (nSPS) is 13.3. The van der Waals surface area contributed by atoms with E-state index >= 15 is 0 Å². The van der Waals surface area contributed by atoms with Crippen LogP contribution in [0.1, 0.15) is 42.5 Å². The zero-order valence-electron chi connectivity index (χ0n) is 14.2. The summed E-state index contributed by atoms with van der Waals surface area (Å²) in [6.07, 6.45) is -1.30. The number of hydrogen-bond donors (Lipinski definition) is 2. The Hall–Kier alpha value is -2.39. The zero-order valence-corrected chi connectivity index (χ0v) is 15.0. The van der Waals surface area contributed by atoms with Crippen molar-refractivity contribution >= 4 is 23.2 Å². The van der Waals surface area contributed by atoms with Crippen LogP contribution in [0.2, 0.25) is 0 Å². The summed E-state index contributed by atoms with van der Waals surface area (Å²) in [5, 5.41) is 0. The lowest BCUT2D eigenvalue weighted by atomic mass is 10.1. The fourth-order valence-corrected chi connectivity index (χ4v) is 3.87. The summed E-state index contributed by atoms with van der Waals surface area (Å²) >= 11 is 1.43. The van der Waals surface area contributed by atoms with E-state index in [4.69, 9.17) is 0 Å². The van der Waals surface area contributed by atoms with Crippen LogP contribution in [0.4, 0.5) is 13.2 Å². The van der Waals surface area contributed by atoms with Crippen molar-refractivity contribution < 1.29 is 27.5 Å². The van der Waals surface area contributed by atoms with Crippen molar-refractivity contribution in [3.63, 3.8) is 0 Å². The highest BCUT2D eigenvalue weighted by molar-refractivity contribution is 7.14. The molecule has 1 heterocycles. The van der Waals surface area contributed by atoms with Gasteiger partial charge in [0, 0.05) is 10.4 Å². The monoisotopic (exact) mass is 398 g/mol. The van der Waals surface area contributed by atoms with Crippen LogP contribution in [0, 0.1) is 0 Å². The van der Waals surface area contributed by atoms with E-state index in [1.807, 2.05) is 6.07 Å². The Morgan fingerprint density at radius 3 is 2.44 bits per heavy atom. The van der Waals surface area contributed by atoms with E-state index in [0.717, 1.165) is 19.3 Å². The fourth-order valence-electron chi connectivity index (χ4n) is 2.73. The highest BCUT2D eigenvalue weighted by Gasteiger charge is 2.27. The van der Waals surface area contributed by atoms with Crippen LogP contribution >= 0.6 is 11.3 Å². The number of aryl methyl sites for hydroxylation is 2. The molecule has 0 saturated heterocycles. The molecule has 27 heavy (non-hydrogen) atoms. The molecule has 9 heteroatoms. The topological polar surface area (TPSA) is 67.4 Å². The molecule has 1 aromatic carbocycles. The van der Waals surface area contributed by atoms with Gasteiger partial charge in [0.25, 0.3) is 11.8 Å². The molecule has 2 amide bonds. The molecule has 0 atom stereocenters. The smallest absolute Gasteiger partial charge is 0.367 e. The molecule has 2 N–H and O–H groups in total. The molecule has 0 unspecified atom stereocenters. The van der Waals surface area contributed by atoms with Gasteiger partial charge < -0.3 is 4.74 Å². The number of benzene rings is 1. The SMILES string of the molecule is O=C(NNC(=O)c1cc2c(s1)CCC2)c1ccc(COCC(F)(F)F)cc1. The lowest BCUT2D eigenvalue weighted by Crippen LogP contribution is -2.41. The van der Waals surface area contributed by atoms with Gasteiger partial charge in [0.05, 0.1) is 11.5 Å². The third-order valence-corrected chi connectivity index (χ3v) is 5.25. The lowest BCUT2D eigenvalue weighted by Gasteiger charge is -2.09. The number of amides is 2. The van der Waals surface area contributed by atoms with E-state index in [-0.39, 0.29) is 18.1 Å². The largest absolute Gasteiger partial charge is 0.411 e. The Balaban J connectivity index is 1.48. The molecule has 1 aromatic heterocycles. The minimum atomic E-state index is -4.37. The Kier molecular flexibility index (Phi) is 5.81. The number of hydrazine groups is 1. The Morgan fingerprint density at radius 1 is 1.07 bits per heavy atom. The Bertz CT molecular complexity index is 810. The number of halogens is 3. The van der Waals surface area contributed by atoms with Gasteiger partial charge in [0.2, 0.25) is 0 Å². The minimum absolute atomic E-state index is 0.207. The van der Waals surface area contributed by atoms with Gasteiger partial charge in [0.15, 0.2) is 0 Å². The summed E-state index contributed by atoms with van der Waals surface area (Å²) in [4.78, 5) is 26.0. The molecule has 3 rings (SSSR count). The quantitative estimate of drug-likeness (QED) is 0.759. The van der Waals surface area contributed by atoms with Crippen LogP contribution in [0.5, 0.6) is 0 Å². The zero-order chi connectivity index (χ0) is 19.4. The highest BCUT2D eigenvalue weighted by atomic mass is 32.1. The van der Waals surface area contributed by atoms with Crippen molar-refractivity contribution in [2.24, 2.45) is 0 Å². The van der Waals surface area contributed by atoms with Crippen LogP contribution in [0.15, 0.2) is 30.3 Å². The maximum atomic E-state index is 12.1. The van der Waals surface area contributed by atoms with Gasteiger partial charge in [-0.1, -0.05) is 12.1 Å². The van der Waals surface area contributed by atoms with Gasteiger partial charge in [-0.25, -0.2) is 0 Å². The number of alkyl halides is 3. The van der Waals surface area contributed by atoms with Crippen LogP contribution < -0.4 is 10.9 Å². The van der Waals surface area contributed by atoms with Gasteiger partial charge in [0.1, 0.15) is 6.61 Å². The maximum absolute atomic E-state index is 12.1.